The molecule has 0 unspecified atom stereocenters. The van der Waals surface area contributed by atoms with Gasteiger partial charge >= 0.3 is 11.9 Å². The maximum Gasteiger partial charge on any atom is 0.303 e. The van der Waals surface area contributed by atoms with Gasteiger partial charge in [-0.15, -0.1) is 0 Å². The second kappa shape index (κ2) is 16.6. The van der Waals surface area contributed by atoms with Crippen molar-refractivity contribution >= 4 is 11.9 Å². The van der Waals surface area contributed by atoms with Crippen LogP contribution >= 0.6 is 0 Å². The molecule has 9 nitrogen and oxygen atoms in total. The van der Waals surface area contributed by atoms with E-state index in [2.05, 4.69) is 0 Å². The summed E-state index contributed by atoms with van der Waals surface area (Å²) in [5.74, 6) is -1.48. The van der Waals surface area contributed by atoms with E-state index in [9.17, 15) is 9.59 Å². The third-order valence-corrected chi connectivity index (χ3v) is 3.19. The molecule has 7 N–H and O–H groups in total. The first kappa shape index (κ1) is 25.0. The topological polar surface area (TPSA) is 176 Å². The SMILES string of the molecule is O=C(O)CCCCCCCCC(=O)O.OC[C@@H](O)[C@H](O)[C@@H](O)CO. The lowest BCUT2D eigenvalue weighted by Gasteiger charge is -2.19. The van der Waals surface area contributed by atoms with Gasteiger partial charge in [0.2, 0.25) is 0 Å². The van der Waals surface area contributed by atoms with Crippen molar-refractivity contribution in [1.29, 1.82) is 0 Å². The smallest absolute Gasteiger partial charge is 0.303 e. The van der Waals surface area contributed by atoms with Crippen molar-refractivity contribution in [3.63, 3.8) is 0 Å². The molecule has 0 aromatic rings. The predicted molar refractivity (Wildman–Crippen MR) is 84.4 cm³/mol. The number of hydrogen-bond donors (Lipinski definition) is 7. The summed E-state index contributed by atoms with van der Waals surface area (Å²) in [4.78, 5) is 20.3. The van der Waals surface area contributed by atoms with Crippen LogP contribution in [0.25, 0.3) is 0 Å². The molecule has 0 spiro atoms. The number of unbranched alkanes of at least 4 members (excludes halogenated alkanes) is 5. The van der Waals surface area contributed by atoms with Gasteiger partial charge in [-0.2, -0.15) is 0 Å². The third-order valence-electron chi connectivity index (χ3n) is 3.19. The zero-order valence-corrected chi connectivity index (χ0v) is 13.8. The molecule has 0 aliphatic carbocycles. The van der Waals surface area contributed by atoms with Crippen LogP contribution < -0.4 is 0 Å². The van der Waals surface area contributed by atoms with Crippen molar-refractivity contribution in [2.24, 2.45) is 0 Å². The molecular weight excluding hydrogens is 324 g/mol. The Morgan fingerprint density at radius 2 is 0.917 bits per heavy atom. The van der Waals surface area contributed by atoms with Crippen molar-refractivity contribution in [3.8, 4) is 0 Å². The van der Waals surface area contributed by atoms with E-state index in [0.717, 1.165) is 38.5 Å². The molecule has 0 aliphatic rings. The molecule has 24 heavy (non-hydrogen) atoms. The van der Waals surface area contributed by atoms with Crippen LogP contribution in [0.2, 0.25) is 0 Å². The first-order valence-corrected chi connectivity index (χ1v) is 7.95. The van der Waals surface area contributed by atoms with Crippen molar-refractivity contribution in [2.45, 2.75) is 69.7 Å². The normalized spacial score (nSPS) is 14.2. The van der Waals surface area contributed by atoms with Gasteiger partial charge < -0.3 is 35.7 Å². The van der Waals surface area contributed by atoms with E-state index >= 15 is 0 Å². The molecule has 0 amide bonds. The Morgan fingerprint density at radius 1 is 0.625 bits per heavy atom. The summed E-state index contributed by atoms with van der Waals surface area (Å²) < 4.78 is 0. The van der Waals surface area contributed by atoms with E-state index in [0.29, 0.717) is 0 Å². The predicted octanol–water partition coefficient (Wildman–Crippen LogP) is -0.670. The van der Waals surface area contributed by atoms with Crippen LogP contribution in [-0.4, -0.2) is 79.2 Å². The van der Waals surface area contributed by atoms with Gasteiger partial charge in [-0.25, -0.2) is 0 Å². The molecule has 0 saturated heterocycles. The van der Waals surface area contributed by atoms with Gasteiger partial charge in [0.05, 0.1) is 13.2 Å². The fraction of sp³-hybridized carbons (Fsp3) is 0.867. The number of carboxylic acid groups (broad SMARTS) is 2. The van der Waals surface area contributed by atoms with Crippen LogP contribution in [0.5, 0.6) is 0 Å². The number of carbonyl (C=O) groups is 2. The van der Waals surface area contributed by atoms with Gasteiger partial charge in [0.15, 0.2) is 0 Å². The van der Waals surface area contributed by atoms with Crippen LogP contribution in [-0.2, 0) is 9.59 Å². The minimum Gasteiger partial charge on any atom is -0.481 e. The average Bonchev–Trinajstić information content (AvgIpc) is 2.55. The molecule has 3 atom stereocenters. The average molecular weight is 354 g/mol. The van der Waals surface area contributed by atoms with E-state index in [4.69, 9.17) is 35.7 Å². The lowest BCUT2D eigenvalue weighted by atomic mass is 10.1. The molecule has 0 heterocycles. The molecule has 144 valence electrons. The number of carboxylic acids is 2. The van der Waals surface area contributed by atoms with Crippen molar-refractivity contribution in [2.75, 3.05) is 13.2 Å². The molecule has 0 rings (SSSR count). The summed E-state index contributed by atoms with van der Waals surface area (Å²) >= 11 is 0. The van der Waals surface area contributed by atoms with Gasteiger partial charge in [-0.3, -0.25) is 9.59 Å². The molecule has 0 radical (unpaired) electrons. The standard InChI is InChI=1S/C10H18O4.C5H12O5/c11-9(12)7-5-3-1-2-4-6-8-10(13)14;6-1-3(8)5(10)4(9)2-7/h1-8H2,(H,11,12)(H,13,14);3-10H,1-2H2/t;3-,4+,5+. The number of hydrogen-bond acceptors (Lipinski definition) is 7. The summed E-state index contributed by atoms with van der Waals surface area (Å²) in [5, 5.41) is 59.3. The van der Waals surface area contributed by atoms with E-state index in [1.54, 1.807) is 0 Å². The van der Waals surface area contributed by atoms with Crippen LogP contribution in [0, 0.1) is 0 Å². The van der Waals surface area contributed by atoms with Crippen molar-refractivity contribution in [1.82, 2.24) is 0 Å². The summed E-state index contributed by atoms with van der Waals surface area (Å²) in [7, 11) is 0. The van der Waals surface area contributed by atoms with E-state index in [-0.39, 0.29) is 12.8 Å². The fourth-order valence-corrected chi connectivity index (χ4v) is 1.73. The Labute approximate surface area is 141 Å². The molecule has 0 fully saturated rings. The third kappa shape index (κ3) is 17.1. The second-order valence-corrected chi connectivity index (χ2v) is 5.40. The van der Waals surface area contributed by atoms with Gasteiger partial charge in [0, 0.05) is 12.8 Å². The summed E-state index contributed by atoms with van der Waals surface area (Å²) in [5.41, 5.74) is 0. The molecular formula is C15H30O9. The number of aliphatic hydroxyl groups excluding tert-OH is 5. The molecule has 0 aliphatic heterocycles. The van der Waals surface area contributed by atoms with E-state index < -0.39 is 43.5 Å². The van der Waals surface area contributed by atoms with Crippen LogP contribution in [0.1, 0.15) is 51.4 Å². The maximum atomic E-state index is 10.1. The Kier molecular flexibility index (Phi) is 17.3. The fourth-order valence-electron chi connectivity index (χ4n) is 1.73. The molecule has 0 bridgehead atoms. The van der Waals surface area contributed by atoms with Gasteiger partial charge in [-0.1, -0.05) is 25.7 Å². The molecule has 0 aromatic carbocycles. The summed E-state index contributed by atoms with van der Waals surface area (Å²) in [6.07, 6.45) is 1.53. The number of aliphatic carboxylic acids is 2. The number of rotatable bonds is 13. The zero-order valence-electron chi connectivity index (χ0n) is 13.8. The van der Waals surface area contributed by atoms with E-state index in [1.165, 1.54) is 0 Å². The lowest BCUT2D eigenvalue weighted by molar-refractivity contribution is -0.138. The highest BCUT2D eigenvalue weighted by molar-refractivity contribution is 5.66. The minimum absolute atomic E-state index is 0.245. The lowest BCUT2D eigenvalue weighted by Crippen LogP contribution is -2.41. The minimum atomic E-state index is -1.49. The highest BCUT2D eigenvalue weighted by atomic mass is 16.4. The van der Waals surface area contributed by atoms with Crippen LogP contribution in [0.3, 0.4) is 0 Å². The molecule has 9 heteroatoms. The highest BCUT2D eigenvalue weighted by Crippen LogP contribution is 2.08. The van der Waals surface area contributed by atoms with Crippen molar-refractivity contribution < 1.29 is 45.3 Å². The Morgan fingerprint density at radius 3 is 1.17 bits per heavy atom. The monoisotopic (exact) mass is 354 g/mol. The van der Waals surface area contributed by atoms with Crippen LogP contribution in [0.15, 0.2) is 0 Å². The Hall–Kier alpha value is -1.26. The molecule has 0 aromatic heterocycles. The van der Waals surface area contributed by atoms with E-state index in [1.807, 2.05) is 0 Å². The second-order valence-electron chi connectivity index (χ2n) is 5.40. The van der Waals surface area contributed by atoms with Gasteiger partial charge in [0.1, 0.15) is 18.3 Å². The van der Waals surface area contributed by atoms with Crippen LogP contribution in [0.4, 0.5) is 0 Å². The first-order chi connectivity index (χ1) is 11.3. The van der Waals surface area contributed by atoms with Crippen molar-refractivity contribution in [3.05, 3.63) is 0 Å². The zero-order chi connectivity index (χ0) is 19.0. The maximum absolute atomic E-state index is 10.1. The summed E-state index contributed by atoms with van der Waals surface area (Å²) in [6, 6.07) is 0. The van der Waals surface area contributed by atoms with Gasteiger partial charge in [-0.05, 0) is 12.8 Å². The molecule has 0 saturated carbocycles. The summed E-state index contributed by atoms with van der Waals surface area (Å²) in [6.45, 7) is -1.28. The Bertz CT molecular complexity index is 292. The first-order valence-electron chi connectivity index (χ1n) is 7.95. The van der Waals surface area contributed by atoms with Gasteiger partial charge in [0.25, 0.3) is 0 Å². The highest BCUT2D eigenvalue weighted by Gasteiger charge is 2.22. The quantitative estimate of drug-likeness (QED) is 0.211. The Balaban J connectivity index is 0. The largest absolute Gasteiger partial charge is 0.481 e. The number of aliphatic hydroxyl groups is 5.